The summed E-state index contributed by atoms with van der Waals surface area (Å²) in [6, 6.07) is 4.53. The summed E-state index contributed by atoms with van der Waals surface area (Å²) in [5.74, 6) is 0.421. The van der Waals surface area contributed by atoms with Crippen LogP contribution < -0.4 is 10.2 Å². The molecule has 19 heavy (non-hydrogen) atoms. The molecular formula is C13H18F3N3. The second-order valence-electron chi connectivity index (χ2n) is 4.70. The molecule has 1 aromatic rings. The quantitative estimate of drug-likeness (QED) is 0.917. The fourth-order valence-corrected chi connectivity index (χ4v) is 2.36. The second kappa shape index (κ2) is 5.77. The molecule has 0 bridgehead atoms. The minimum absolute atomic E-state index is 0.421. The number of hydrogen-bond donors (Lipinski definition) is 1. The Kier molecular flexibility index (Phi) is 4.29. The summed E-state index contributed by atoms with van der Waals surface area (Å²) in [5, 5.41) is 3.37. The maximum atomic E-state index is 12.6. The minimum atomic E-state index is -4.38. The summed E-state index contributed by atoms with van der Waals surface area (Å²) in [5.41, 5.74) is -0.821. The zero-order valence-corrected chi connectivity index (χ0v) is 10.9. The number of piperidine rings is 1. The van der Waals surface area contributed by atoms with E-state index in [2.05, 4.69) is 17.2 Å². The van der Waals surface area contributed by atoms with Crippen LogP contribution in [0.5, 0.6) is 0 Å². The molecule has 106 valence electrons. The Hall–Kier alpha value is -1.30. The maximum Gasteiger partial charge on any atom is 0.433 e. The Labute approximate surface area is 110 Å². The first-order chi connectivity index (χ1) is 9.00. The highest BCUT2D eigenvalue weighted by Crippen LogP contribution is 2.29. The normalized spacial score (nSPS) is 17.8. The zero-order chi connectivity index (χ0) is 13.9. The van der Waals surface area contributed by atoms with Crippen molar-refractivity contribution in [1.29, 1.82) is 0 Å². The van der Waals surface area contributed by atoms with Crippen molar-refractivity contribution in [3.63, 3.8) is 0 Å². The predicted octanol–water partition coefficient (Wildman–Crippen LogP) is 2.68. The zero-order valence-electron chi connectivity index (χ0n) is 10.9. The molecule has 1 aliphatic heterocycles. The van der Waals surface area contributed by atoms with E-state index in [4.69, 9.17) is 0 Å². The van der Waals surface area contributed by atoms with E-state index in [1.807, 2.05) is 4.90 Å². The molecule has 0 radical (unpaired) electrons. The molecular weight excluding hydrogens is 255 g/mol. The van der Waals surface area contributed by atoms with Crippen LogP contribution in [0.15, 0.2) is 18.2 Å². The number of hydrogen-bond acceptors (Lipinski definition) is 3. The van der Waals surface area contributed by atoms with Gasteiger partial charge in [-0.25, -0.2) is 4.98 Å². The summed E-state index contributed by atoms with van der Waals surface area (Å²) < 4.78 is 37.8. The first-order valence-corrected chi connectivity index (χ1v) is 6.53. The number of rotatable bonds is 3. The topological polar surface area (TPSA) is 28.2 Å². The molecule has 1 N–H and O–H groups in total. The number of nitrogens with zero attached hydrogens (tertiary/aromatic N) is 2. The Bertz CT molecular complexity index is 412. The van der Waals surface area contributed by atoms with Crippen molar-refractivity contribution in [1.82, 2.24) is 10.3 Å². The van der Waals surface area contributed by atoms with Gasteiger partial charge in [0.25, 0.3) is 0 Å². The Balaban J connectivity index is 2.03. The van der Waals surface area contributed by atoms with Crippen LogP contribution in [0.25, 0.3) is 0 Å². The SMILES string of the molecule is CCNC1CCN(c2cccc(C(F)(F)F)n2)CC1. The average Bonchev–Trinajstić information content (AvgIpc) is 2.39. The van der Waals surface area contributed by atoms with Gasteiger partial charge >= 0.3 is 6.18 Å². The lowest BCUT2D eigenvalue weighted by molar-refractivity contribution is -0.141. The molecule has 1 aromatic heterocycles. The highest BCUT2D eigenvalue weighted by Gasteiger charge is 2.33. The molecule has 0 amide bonds. The fourth-order valence-electron chi connectivity index (χ4n) is 2.36. The monoisotopic (exact) mass is 273 g/mol. The van der Waals surface area contributed by atoms with E-state index < -0.39 is 11.9 Å². The van der Waals surface area contributed by atoms with Crippen molar-refractivity contribution in [2.45, 2.75) is 32.0 Å². The van der Waals surface area contributed by atoms with Gasteiger partial charge in [-0.15, -0.1) is 0 Å². The first kappa shape index (κ1) is 14.1. The standard InChI is InChI=1S/C13H18F3N3/c1-2-17-10-6-8-19(9-7-10)12-5-3-4-11(18-12)13(14,15)16/h3-5,10,17H,2,6-9H2,1H3. The van der Waals surface area contributed by atoms with Gasteiger partial charge in [-0.2, -0.15) is 13.2 Å². The van der Waals surface area contributed by atoms with Gasteiger partial charge in [-0.1, -0.05) is 13.0 Å². The molecule has 0 spiro atoms. The summed E-state index contributed by atoms with van der Waals surface area (Å²) in [6.45, 7) is 4.46. The highest BCUT2D eigenvalue weighted by molar-refractivity contribution is 5.40. The number of anilines is 1. The average molecular weight is 273 g/mol. The molecule has 0 saturated carbocycles. The highest BCUT2D eigenvalue weighted by atomic mass is 19.4. The van der Waals surface area contributed by atoms with Crippen LogP contribution in [0.3, 0.4) is 0 Å². The molecule has 0 unspecified atom stereocenters. The Morgan fingerprint density at radius 2 is 2.00 bits per heavy atom. The van der Waals surface area contributed by atoms with Crippen molar-refractivity contribution in [3.8, 4) is 0 Å². The molecule has 0 atom stereocenters. The largest absolute Gasteiger partial charge is 0.433 e. The van der Waals surface area contributed by atoms with E-state index in [9.17, 15) is 13.2 Å². The lowest BCUT2D eigenvalue weighted by Crippen LogP contribution is -2.42. The van der Waals surface area contributed by atoms with Crippen LogP contribution in [0.4, 0.5) is 19.0 Å². The van der Waals surface area contributed by atoms with E-state index in [0.717, 1.165) is 38.5 Å². The van der Waals surface area contributed by atoms with Crippen LogP contribution in [-0.2, 0) is 6.18 Å². The molecule has 6 heteroatoms. The number of halogens is 3. The number of pyridine rings is 1. The van der Waals surface area contributed by atoms with E-state index >= 15 is 0 Å². The third kappa shape index (κ3) is 3.59. The smallest absolute Gasteiger partial charge is 0.356 e. The first-order valence-electron chi connectivity index (χ1n) is 6.53. The Morgan fingerprint density at radius 3 is 2.58 bits per heavy atom. The van der Waals surface area contributed by atoms with Gasteiger partial charge in [0.05, 0.1) is 0 Å². The van der Waals surface area contributed by atoms with Crippen molar-refractivity contribution >= 4 is 5.82 Å². The van der Waals surface area contributed by atoms with Crippen LogP contribution >= 0.6 is 0 Å². The predicted molar refractivity (Wildman–Crippen MR) is 68.2 cm³/mol. The van der Waals surface area contributed by atoms with Gasteiger partial charge in [-0.05, 0) is 31.5 Å². The minimum Gasteiger partial charge on any atom is -0.356 e. The lowest BCUT2D eigenvalue weighted by atomic mass is 10.1. The van der Waals surface area contributed by atoms with Crippen molar-refractivity contribution in [2.75, 3.05) is 24.5 Å². The molecule has 2 heterocycles. The molecule has 3 nitrogen and oxygen atoms in total. The Morgan fingerprint density at radius 1 is 1.32 bits per heavy atom. The van der Waals surface area contributed by atoms with E-state index in [-0.39, 0.29) is 0 Å². The molecule has 0 aliphatic carbocycles. The second-order valence-corrected chi connectivity index (χ2v) is 4.70. The summed E-state index contributed by atoms with van der Waals surface area (Å²) in [6.07, 6.45) is -2.50. The van der Waals surface area contributed by atoms with Gasteiger partial charge in [0.1, 0.15) is 11.5 Å². The van der Waals surface area contributed by atoms with Crippen molar-refractivity contribution in [2.24, 2.45) is 0 Å². The van der Waals surface area contributed by atoms with E-state index in [1.54, 1.807) is 6.07 Å². The van der Waals surface area contributed by atoms with Crippen LogP contribution in [0, 0.1) is 0 Å². The summed E-state index contributed by atoms with van der Waals surface area (Å²) in [4.78, 5) is 5.64. The third-order valence-electron chi connectivity index (χ3n) is 3.34. The summed E-state index contributed by atoms with van der Waals surface area (Å²) in [7, 11) is 0. The molecule has 1 aliphatic rings. The maximum absolute atomic E-state index is 12.6. The van der Waals surface area contributed by atoms with Crippen LogP contribution in [0.1, 0.15) is 25.5 Å². The molecule has 0 aromatic carbocycles. The van der Waals surface area contributed by atoms with Gasteiger partial charge in [0.15, 0.2) is 0 Å². The molecule has 1 fully saturated rings. The fraction of sp³-hybridized carbons (Fsp3) is 0.615. The molecule has 1 saturated heterocycles. The van der Waals surface area contributed by atoms with Crippen molar-refractivity contribution in [3.05, 3.63) is 23.9 Å². The lowest BCUT2D eigenvalue weighted by Gasteiger charge is -2.33. The molecule has 2 rings (SSSR count). The van der Waals surface area contributed by atoms with E-state index in [0.29, 0.717) is 11.9 Å². The van der Waals surface area contributed by atoms with Crippen molar-refractivity contribution < 1.29 is 13.2 Å². The summed E-state index contributed by atoms with van der Waals surface area (Å²) >= 11 is 0. The van der Waals surface area contributed by atoms with Gasteiger partial charge < -0.3 is 10.2 Å². The van der Waals surface area contributed by atoms with Gasteiger partial charge in [0, 0.05) is 19.1 Å². The van der Waals surface area contributed by atoms with E-state index in [1.165, 1.54) is 6.07 Å². The number of aromatic nitrogens is 1. The van der Waals surface area contributed by atoms with Crippen LogP contribution in [-0.4, -0.2) is 30.7 Å². The van der Waals surface area contributed by atoms with Crippen LogP contribution in [0.2, 0.25) is 0 Å². The van der Waals surface area contributed by atoms with Gasteiger partial charge in [0.2, 0.25) is 0 Å². The number of alkyl halides is 3. The number of nitrogens with one attached hydrogen (secondary N) is 1. The van der Waals surface area contributed by atoms with Gasteiger partial charge in [-0.3, -0.25) is 0 Å². The third-order valence-corrected chi connectivity index (χ3v) is 3.34.